The minimum absolute atomic E-state index is 0.408. The normalized spacial score (nSPS) is 22.9. The highest BCUT2D eigenvalue weighted by Crippen LogP contribution is 2.20. The van der Waals surface area contributed by atoms with Crippen LogP contribution in [0.25, 0.3) is 0 Å². The van der Waals surface area contributed by atoms with Gasteiger partial charge in [-0.15, -0.1) is 6.58 Å². The number of hydrogen-bond acceptors (Lipinski definition) is 2. The summed E-state index contributed by atoms with van der Waals surface area (Å²) in [6, 6.07) is 0. The van der Waals surface area contributed by atoms with E-state index in [2.05, 4.69) is 11.5 Å². The topological polar surface area (TPSA) is 23.5 Å². The number of hydrogen-bond donors (Lipinski definition) is 1. The Morgan fingerprint density at radius 3 is 2.62 bits per heavy atom. The van der Waals surface area contributed by atoms with Crippen LogP contribution in [0, 0.1) is 0 Å². The van der Waals surface area contributed by atoms with Crippen LogP contribution in [0.5, 0.6) is 0 Å². The minimum atomic E-state index is -0.408. The van der Waals surface area contributed by atoms with E-state index < -0.39 is 5.60 Å². The first-order valence-corrected chi connectivity index (χ1v) is 5.20. The van der Waals surface area contributed by atoms with Gasteiger partial charge < -0.3 is 10.0 Å². The molecule has 1 aliphatic rings. The lowest BCUT2D eigenvalue weighted by molar-refractivity contribution is -0.00535. The molecule has 0 aromatic rings. The average molecular weight is 183 g/mol. The summed E-state index contributed by atoms with van der Waals surface area (Å²) in [5, 5.41) is 9.72. The molecule has 0 unspecified atom stereocenters. The second-order valence-electron chi connectivity index (χ2n) is 4.27. The SMILES string of the molecule is C=CCCCN1CCC(C)(O)CC1. The molecule has 13 heavy (non-hydrogen) atoms. The van der Waals surface area contributed by atoms with Gasteiger partial charge in [0.2, 0.25) is 0 Å². The standard InChI is InChI=1S/C11H21NO/c1-3-4-5-8-12-9-6-11(2,13)7-10-12/h3,13H,1,4-10H2,2H3. The van der Waals surface area contributed by atoms with Crippen LogP contribution in [0.4, 0.5) is 0 Å². The molecule has 0 saturated carbocycles. The average Bonchev–Trinajstić information content (AvgIpc) is 2.08. The minimum Gasteiger partial charge on any atom is -0.390 e. The van der Waals surface area contributed by atoms with E-state index in [-0.39, 0.29) is 0 Å². The maximum atomic E-state index is 9.72. The van der Waals surface area contributed by atoms with Crippen LogP contribution in [0.2, 0.25) is 0 Å². The van der Waals surface area contributed by atoms with Crippen LogP contribution < -0.4 is 0 Å². The molecule has 2 heteroatoms. The van der Waals surface area contributed by atoms with E-state index >= 15 is 0 Å². The van der Waals surface area contributed by atoms with Gasteiger partial charge in [0.05, 0.1) is 5.60 Å². The summed E-state index contributed by atoms with van der Waals surface area (Å²) < 4.78 is 0. The molecular formula is C11H21NO. The van der Waals surface area contributed by atoms with Crippen LogP contribution in [0.3, 0.4) is 0 Å². The van der Waals surface area contributed by atoms with Gasteiger partial charge in [0.1, 0.15) is 0 Å². The van der Waals surface area contributed by atoms with Crippen LogP contribution >= 0.6 is 0 Å². The molecule has 76 valence electrons. The van der Waals surface area contributed by atoms with Crippen molar-refractivity contribution in [3.05, 3.63) is 12.7 Å². The van der Waals surface area contributed by atoms with Crippen molar-refractivity contribution in [2.75, 3.05) is 19.6 Å². The summed E-state index contributed by atoms with van der Waals surface area (Å²) in [6.07, 6.45) is 6.11. The molecule has 0 aromatic heterocycles. The molecule has 1 saturated heterocycles. The fourth-order valence-corrected chi connectivity index (χ4v) is 1.72. The van der Waals surface area contributed by atoms with Crippen LogP contribution in [0.1, 0.15) is 32.6 Å². The summed E-state index contributed by atoms with van der Waals surface area (Å²) in [7, 11) is 0. The largest absolute Gasteiger partial charge is 0.390 e. The van der Waals surface area contributed by atoms with Crippen molar-refractivity contribution in [2.45, 2.75) is 38.2 Å². The predicted octanol–water partition coefficient (Wildman–Crippen LogP) is 1.80. The third-order valence-electron chi connectivity index (χ3n) is 2.82. The van der Waals surface area contributed by atoms with Crippen LogP contribution in [-0.2, 0) is 0 Å². The molecule has 0 radical (unpaired) electrons. The number of allylic oxidation sites excluding steroid dienone is 1. The number of piperidine rings is 1. The lowest BCUT2D eigenvalue weighted by Crippen LogP contribution is -2.42. The van der Waals surface area contributed by atoms with Crippen molar-refractivity contribution in [3.63, 3.8) is 0 Å². The van der Waals surface area contributed by atoms with Gasteiger partial charge in [0.15, 0.2) is 0 Å². The Bertz CT molecular complexity index is 155. The number of aliphatic hydroxyl groups is 1. The van der Waals surface area contributed by atoms with Gasteiger partial charge >= 0.3 is 0 Å². The maximum absolute atomic E-state index is 9.72. The first-order valence-electron chi connectivity index (χ1n) is 5.20. The van der Waals surface area contributed by atoms with Crippen LogP contribution in [0.15, 0.2) is 12.7 Å². The van der Waals surface area contributed by atoms with Gasteiger partial charge in [-0.25, -0.2) is 0 Å². The van der Waals surface area contributed by atoms with E-state index in [4.69, 9.17) is 0 Å². The first-order chi connectivity index (χ1) is 6.14. The van der Waals surface area contributed by atoms with E-state index in [1.807, 2.05) is 13.0 Å². The molecule has 0 aliphatic carbocycles. The summed E-state index contributed by atoms with van der Waals surface area (Å²) in [6.45, 7) is 8.89. The molecule has 0 amide bonds. The number of rotatable bonds is 4. The summed E-state index contributed by atoms with van der Waals surface area (Å²) >= 11 is 0. The highest BCUT2D eigenvalue weighted by Gasteiger charge is 2.26. The molecule has 1 N–H and O–H groups in total. The Balaban J connectivity index is 2.14. The van der Waals surface area contributed by atoms with Crippen molar-refractivity contribution in [2.24, 2.45) is 0 Å². The zero-order chi connectivity index (χ0) is 9.73. The third kappa shape index (κ3) is 3.92. The molecule has 0 aromatic carbocycles. The highest BCUT2D eigenvalue weighted by molar-refractivity contribution is 4.81. The predicted molar refractivity (Wildman–Crippen MR) is 55.7 cm³/mol. The lowest BCUT2D eigenvalue weighted by Gasteiger charge is -2.35. The fourth-order valence-electron chi connectivity index (χ4n) is 1.72. The monoisotopic (exact) mass is 183 g/mol. The van der Waals surface area contributed by atoms with E-state index in [1.165, 1.54) is 6.42 Å². The lowest BCUT2D eigenvalue weighted by atomic mass is 9.94. The smallest absolute Gasteiger partial charge is 0.0644 e. The Kier molecular flexibility index (Phi) is 3.94. The fraction of sp³-hybridized carbons (Fsp3) is 0.818. The quantitative estimate of drug-likeness (QED) is 0.530. The van der Waals surface area contributed by atoms with Crippen molar-refractivity contribution < 1.29 is 5.11 Å². The zero-order valence-electron chi connectivity index (χ0n) is 8.63. The van der Waals surface area contributed by atoms with Crippen molar-refractivity contribution in [1.29, 1.82) is 0 Å². The highest BCUT2D eigenvalue weighted by atomic mass is 16.3. The number of likely N-dealkylation sites (tertiary alicyclic amines) is 1. The number of nitrogens with zero attached hydrogens (tertiary/aromatic N) is 1. The van der Waals surface area contributed by atoms with Crippen molar-refractivity contribution in [3.8, 4) is 0 Å². The third-order valence-corrected chi connectivity index (χ3v) is 2.82. The second-order valence-corrected chi connectivity index (χ2v) is 4.27. The molecule has 2 nitrogen and oxygen atoms in total. The second kappa shape index (κ2) is 4.77. The molecule has 0 bridgehead atoms. The molecule has 0 atom stereocenters. The Labute approximate surface area is 81.2 Å². The van der Waals surface area contributed by atoms with Gasteiger partial charge in [0, 0.05) is 13.1 Å². The van der Waals surface area contributed by atoms with E-state index in [0.29, 0.717) is 0 Å². The Hall–Kier alpha value is -0.340. The summed E-state index contributed by atoms with van der Waals surface area (Å²) in [5.41, 5.74) is -0.408. The molecule has 0 spiro atoms. The molecule has 1 rings (SSSR count). The van der Waals surface area contributed by atoms with Crippen LogP contribution in [-0.4, -0.2) is 35.2 Å². The molecule has 1 heterocycles. The van der Waals surface area contributed by atoms with Gasteiger partial charge in [-0.3, -0.25) is 0 Å². The van der Waals surface area contributed by atoms with Gasteiger partial charge in [0.25, 0.3) is 0 Å². The zero-order valence-corrected chi connectivity index (χ0v) is 8.63. The maximum Gasteiger partial charge on any atom is 0.0644 e. The van der Waals surface area contributed by atoms with E-state index in [9.17, 15) is 5.11 Å². The van der Waals surface area contributed by atoms with Crippen molar-refractivity contribution in [1.82, 2.24) is 4.90 Å². The van der Waals surface area contributed by atoms with E-state index in [1.54, 1.807) is 0 Å². The Morgan fingerprint density at radius 1 is 1.46 bits per heavy atom. The van der Waals surface area contributed by atoms with Gasteiger partial charge in [-0.1, -0.05) is 6.08 Å². The molecule has 1 aliphatic heterocycles. The van der Waals surface area contributed by atoms with Crippen molar-refractivity contribution >= 4 is 0 Å². The van der Waals surface area contributed by atoms with E-state index in [0.717, 1.165) is 38.9 Å². The first kappa shape index (κ1) is 10.7. The summed E-state index contributed by atoms with van der Waals surface area (Å²) in [5.74, 6) is 0. The molecule has 1 fully saturated rings. The Morgan fingerprint density at radius 2 is 2.08 bits per heavy atom. The molecular weight excluding hydrogens is 162 g/mol. The van der Waals surface area contributed by atoms with Gasteiger partial charge in [-0.05, 0) is 39.2 Å². The number of unbranched alkanes of at least 4 members (excludes halogenated alkanes) is 1. The summed E-state index contributed by atoms with van der Waals surface area (Å²) in [4.78, 5) is 2.43. The van der Waals surface area contributed by atoms with Gasteiger partial charge in [-0.2, -0.15) is 0 Å².